The average molecular weight is 256 g/mol. The van der Waals surface area contributed by atoms with Crippen molar-refractivity contribution in [3.63, 3.8) is 0 Å². The highest BCUT2D eigenvalue weighted by molar-refractivity contribution is 5.95. The van der Waals surface area contributed by atoms with Gasteiger partial charge < -0.3 is 10.6 Å². The van der Waals surface area contributed by atoms with E-state index >= 15 is 0 Å². The number of hydrogen-bond acceptors (Lipinski definition) is 2. The van der Waals surface area contributed by atoms with Crippen molar-refractivity contribution in [2.45, 2.75) is 32.7 Å². The van der Waals surface area contributed by atoms with Crippen LogP contribution in [0.25, 0.3) is 0 Å². The van der Waals surface area contributed by atoms with Crippen LogP contribution in [0.1, 0.15) is 41.3 Å². The lowest BCUT2D eigenvalue weighted by molar-refractivity contribution is 0.0747. The Morgan fingerprint density at radius 1 is 1.47 bits per heavy atom. The van der Waals surface area contributed by atoms with Gasteiger partial charge in [0.25, 0.3) is 5.91 Å². The summed E-state index contributed by atoms with van der Waals surface area (Å²) in [5.74, 6) is 5.94. The molecule has 1 atom stereocenters. The first-order valence-corrected chi connectivity index (χ1v) is 6.73. The Kier molecular flexibility index (Phi) is 4.24. The number of nitrogens with zero attached hydrogens (tertiary/aromatic N) is 1. The molecule has 1 aliphatic rings. The summed E-state index contributed by atoms with van der Waals surface area (Å²) in [6.45, 7) is 5.28. The maximum absolute atomic E-state index is 12.5. The maximum Gasteiger partial charge on any atom is 0.254 e. The molecular formula is C16H20N2O. The molecular weight excluding hydrogens is 236 g/mol. The van der Waals surface area contributed by atoms with Gasteiger partial charge in [0.15, 0.2) is 0 Å². The minimum absolute atomic E-state index is 0.115. The van der Waals surface area contributed by atoms with Crippen LogP contribution in [0.3, 0.4) is 0 Å². The molecule has 2 rings (SSSR count). The second-order valence-electron chi connectivity index (χ2n) is 5.08. The van der Waals surface area contributed by atoms with Gasteiger partial charge >= 0.3 is 0 Å². The molecule has 0 saturated carbocycles. The fourth-order valence-corrected chi connectivity index (χ4v) is 2.53. The molecule has 3 heteroatoms. The Morgan fingerprint density at radius 2 is 2.26 bits per heavy atom. The second-order valence-corrected chi connectivity index (χ2v) is 5.08. The summed E-state index contributed by atoms with van der Waals surface area (Å²) in [5, 5.41) is 0. The maximum atomic E-state index is 12.5. The lowest BCUT2D eigenvalue weighted by atomic mass is 10.1. The van der Waals surface area contributed by atoms with E-state index < -0.39 is 0 Å². The molecule has 1 aliphatic heterocycles. The third kappa shape index (κ3) is 3.15. The van der Waals surface area contributed by atoms with Gasteiger partial charge in [-0.15, -0.1) is 0 Å². The van der Waals surface area contributed by atoms with Crippen LogP contribution in [0.2, 0.25) is 0 Å². The summed E-state index contributed by atoms with van der Waals surface area (Å²) in [6, 6.07) is 6.11. The Balaban J connectivity index is 2.28. The van der Waals surface area contributed by atoms with E-state index in [0.29, 0.717) is 12.6 Å². The molecule has 0 bridgehead atoms. The zero-order valence-corrected chi connectivity index (χ0v) is 11.6. The number of likely N-dealkylation sites (tertiary alicyclic amines) is 1. The Labute approximate surface area is 114 Å². The van der Waals surface area contributed by atoms with Crippen LogP contribution in [0.15, 0.2) is 18.2 Å². The summed E-state index contributed by atoms with van der Waals surface area (Å²) in [5.41, 5.74) is 8.03. The average Bonchev–Trinajstić information content (AvgIpc) is 2.81. The van der Waals surface area contributed by atoms with Crippen LogP contribution in [-0.2, 0) is 0 Å². The molecule has 1 fully saturated rings. The van der Waals surface area contributed by atoms with Gasteiger partial charge in [0.1, 0.15) is 0 Å². The fourth-order valence-electron chi connectivity index (χ4n) is 2.53. The number of benzene rings is 1. The molecule has 1 heterocycles. The molecule has 1 aromatic carbocycles. The normalized spacial score (nSPS) is 18.1. The van der Waals surface area contributed by atoms with Crippen molar-refractivity contribution in [3.05, 3.63) is 34.9 Å². The lowest BCUT2D eigenvalue weighted by Crippen LogP contribution is -2.33. The second kappa shape index (κ2) is 5.90. The van der Waals surface area contributed by atoms with Gasteiger partial charge in [-0.1, -0.05) is 11.8 Å². The van der Waals surface area contributed by atoms with E-state index in [1.54, 1.807) is 0 Å². The number of hydrogen-bond donors (Lipinski definition) is 1. The monoisotopic (exact) mass is 256 g/mol. The van der Waals surface area contributed by atoms with E-state index in [-0.39, 0.29) is 5.91 Å². The van der Waals surface area contributed by atoms with Gasteiger partial charge in [-0.05, 0) is 50.5 Å². The Bertz CT molecular complexity index is 539. The van der Waals surface area contributed by atoms with Crippen molar-refractivity contribution in [1.29, 1.82) is 0 Å². The topological polar surface area (TPSA) is 46.3 Å². The van der Waals surface area contributed by atoms with Gasteiger partial charge in [-0.3, -0.25) is 4.79 Å². The van der Waals surface area contributed by atoms with Crippen LogP contribution < -0.4 is 5.73 Å². The predicted octanol–water partition coefficient (Wildman–Crippen LogP) is 1.93. The van der Waals surface area contributed by atoms with Crippen molar-refractivity contribution in [3.8, 4) is 11.8 Å². The predicted molar refractivity (Wildman–Crippen MR) is 76.8 cm³/mol. The molecule has 19 heavy (non-hydrogen) atoms. The van der Waals surface area contributed by atoms with Crippen molar-refractivity contribution < 1.29 is 4.79 Å². The zero-order chi connectivity index (χ0) is 13.8. The van der Waals surface area contributed by atoms with Gasteiger partial charge in [-0.25, -0.2) is 0 Å². The molecule has 3 nitrogen and oxygen atoms in total. The van der Waals surface area contributed by atoms with E-state index in [2.05, 4.69) is 18.8 Å². The molecule has 0 aromatic heterocycles. The van der Waals surface area contributed by atoms with E-state index in [1.165, 1.54) is 0 Å². The van der Waals surface area contributed by atoms with Crippen LogP contribution in [0.4, 0.5) is 0 Å². The van der Waals surface area contributed by atoms with Gasteiger partial charge in [0.2, 0.25) is 0 Å². The van der Waals surface area contributed by atoms with E-state index in [1.807, 2.05) is 30.0 Å². The summed E-state index contributed by atoms with van der Waals surface area (Å²) < 4.78 is 0. The van der Waals surface area contributed by atoms with Crippen LogP contribution in [0, 0.1) is 18.8 Å². The van der Waals surface area contributed by atoms with E-state index in [4.69, 9.17) is 5.73 Å². The molecule has 1 saturated heterocycles. The summed E-state index contributed by atoms with van der Waals surface area (Å²) in [7, 11) is 0. The molecule has 1 aromatic rings. The first-order valence-electron chi connectivity index (χ1n) is 6.73. The third-order valence-corrected chi connectivity index (χ3v) is 3.47. The molecule has 100 valence electrons. The Morgan fingerprint density at radius 3 is 2.89 bits per heavy atom. The Hall–Kier alpha value is -1.79. The highest BCUT2D eigenvalue weighted by atomic mass is 16.2. The number of nitrogens with two attached hydrogens (primary N) is 1. The van der Waals surface area contributed by atoms with E-state index in [0.717, 1.165) is 36.1 Å². The summed E-state index contributed by atoms with van der Waals surface area (Å²) in [6.07, 6.45) is 2.19. The highest BCUT2D eigenvalue weighted by Crippen LogP contribution is 2.20. The highest BCUT2D eigenvalue weighted by Gasteiger charge is 2.26. The fraction of sp³-hybridized carbons (Fsp3) is 0.438. The lowest BCUT2D eigenvalue weighted by Gasteiger charge is -2.21. The number of amides is 1. The van der Waals surface area contributed by atoms with Gasteiger partial charge in [0, 0.05) is 23.7 Å². The van der Waals surface area contributed by atoms with Gasteiger partial charge in [-0.2, -0.15) is 0 Å². The largest absolute Gasteiger partial charge is 0.336 e. The number of aryl methyl sites for hydroxylation is 1. The zero-order valence-electron chi connectivity index (χ0n) is 11.6. The van der Waals surface area contributed by atoms with Crippen LogP contribution >= 0.6 is 0 Å². The first-order chi connectivity index (χ1) is 9.11. The van der Waals surface area contributed by atoms with Crippen LogP contribution in [0.5, 0.6) is 0 Å². The van der Waals surface area contributed by atoms with Crippen molar-refractivity contribution in [1.82, 2.24) is 4.90 Å². The minimum atomic E-state index is 0.115. The molecule has 1 amide bonds. The molecule has 2 N–H and O–H groups in total. The number of carbonyl (C=O) groups excluding carboxylic acids is 1. The number of rotatable bonds is 1. The molecule has 0 radical (unpaired) electrons. The standard InChI is InChI=1S/C16H20N2O/c1-12-9-14(6-3-7-17)11-15(10-12)16(19)18-8-4-5-13(18)2/h9-11,13H,4-5,7-8,17H2,1-2H3. The molecule has 0 aliphatic carbocycles. The SMILES string of the molecule is Cc1cc(C#CCN)cc(C(=O)N2CCCC2C)c1. The van der Waals surface area contributed by atoms with Crippen molar-refractivity contribution in [2.24, 2.45) is 5.73 Å². The minimum Gasteiger partial charge on any atom is -0.336 e. The third-order valence-electron chi connectivity index (χ3n) is 3.47. The van der Waals surface area contributed by atoms with E-state index in [9.17, 15) is 4.79 Å². The van der Waals surface area contributed by atoms with Crippen LogP contribution in [-0.4, -0.2) is 29.9 Å². The smallest absolute Gasteiger partial charge is 0.254 e. The quantitative estimate of drug-likeness (QED) is 0.780. The number of carbonyl (C=O) groups is 1. The first kappa shape index (κ1) is 13.6. The summed E-state index contributed by atoms with van der Waals surface area (Å²) >= 11 is 0. The van der Waals surface area contributed by atoms with Crippen molar-refractivity contribution in [2.75, 3.05) is 13.1 Å². The molecule has 1 unspecified atom stereocenters. The van der Waals surface area contributed by atoms with Crippen molar-refractivity contribution >= 4 is 5.91 Å². The van der Waals surface area contributed by atoms with Gasteiger partial charge in [0.05, 0.1) is 6.54 Å². The summed E-state index contributed by atoms with van der Waals surface area (Å²) in [4.78, 5) is 14.4. The molecule has 0 spiro atoms.